The van der Waals surface area contributed by atoms with Crippen LogP contribution < -0.4 is 5.32 Å². The molecular formula is C18H23N3OS. The van der Waals surface area contributed by atoms with Crippen LogP contribution in [0.25, 0.3) is 0 Å². The molecule has 5 heteroatoms. The predicted octanol–water partition coefficient (Wildman–Crippen LogP) is 2.69. The van der Waals surface area contributed by atoms with Crippen LogP contribution in [0.2, 0.25) is 0 Å². The molecule has 1 aromatic carbocycles. The van der Waals surface area contributed by atoms with E-state index in [1.54, 1.807) is 11.3 Å². The number of carbonyl (C=O) groups is 1. The molecule has 0 saturated carbocycles. The van der Waals surface area contributed by atoms with Crippen LogP contribution >= 0.6 is 11.3 Å². The molecule has 0 unspecified atom stereocenters. The first-order valence-electron chi connectivity index (χ1n) is 8.08. The summed E-state index contributed by atoms with van der Waals surface area (Å²) in [7, 11) is 0. The van der Waals surface area contributed by atoms with Crippen molar-refractivity contribution >= 4 is 17.2 Å². The number of rotatable bonds is 5. The van der Waals surface area contributed by atoms with Crippen molar-refractivity contribution in [2.75, 3.05) is 13.1 Å². The van der Waals surface area contributed by atoms with Crippen molar-refractivity contribution < 1.29 is 4.79 Å². The maximum atomic E-state index is 12.2. The van der Waals surface area contributed by atoms with E-state index < -0.39 is 0 Å². The lowest BCUT2D eigenvalue weighted by atomic mass is 10.2. The first kappa shape index (κ1) is 16.1. The van der Waals surface area contributed by atoms with Gasteiger partial charge >= 0.3 is 0 Å². The van der Waals surface area contributed by atoms with E-state index in [0.717, 1.165) is 41.6 Å². The van der Waals surface area contributed by atoms with Crippen molar-refractivity contribution in [3.63, 3.8) is 0 Å². The molecule has 1 aliphatic rings. The molecule has 122 valence electrons. The van der Waals surface area contributed by atoms with Gasteiger partial charge in [-0.2, -0.15) is 0 Å². The van der Waals surface area contributed by atoms with Crippen molar-refractivity contribution in [1.29, 1.82) is 0 Å². The molecule has 1 aliphatic heterocycles. The lowest BCUT2D eigenvalue weighted by molar-refractivity contribution is -0.121. The number of nitrogens with one attached hydrogen (secondary N) is 1. The Morgan fingerprint density at radius 2 is 2.13 bits per heavy atom. The Balaban J connectivity index is 1.48. The summed E-state index contributed by atoms with van der Waals surface area (Å²) in [5, 5.41) is 4.21. The summed E-state index contributed by atoms with van der Waals surface area (Å²) in [6.07, 6.45) is 1.48. The largest absolute Gasteiger partial charge is 0.352 e. The highest BCUT2D eigenvalue weighted by Crippen LogP contribution is 2.18. The van der Waals surface area contributed by atoms with Gasteiger partial charge in [0.1, 0.15) is 0 Å². The molecule has 1 N–H and O–H groups in total. The highest BCUT2D eigenvalue weighted by Gasteiger charge is 2.24. The lowest BCUT2D eigenvalue weighted by Gasteiger charge is -2.16. The van der Waals surface area contributed by atoms with Crippen LogP contribution in [0, 0.1) is 13.8 Å². The van der Waals surface area contributed by atoms with Crippen LogP contribution in [-0.2, 0) is 17.8 Å². The van der Waals surface area contributed by atoms with Gasteiger partial charge < -0.3 is 5.32 Å². The summed E-state index contributed by atoms with van der Waals surface area (Å²) in [6.45, 7) is 6.89. The Labute approximate surface area is 141 Å². The summed E-state index contributed by atoms with van der Waals surface area (Å²) in [5.74, 6) is 0.114. The zero-order valence-electron chi connectivity index (χ0n) is 13.7. The maximum absolute atomic E-state index is 12.2. The lowest BCUT2D eigenvalue weighted by Crippen LogP contribution is -2.37. The third-order valence-corrected chi connectivity index (χ3v) is 5.28. The average Bonchev–Trinajstić information content (AvgIpc) is 3.06. The van der Waals surface area contributed by atoms with Gasteiger partial charge in [0.05, 0.1) is 17.1 Å². The Morgan fingerprint density at radius 3 is 2.83 bits per heavy atom. The molecule has 0 aliphatic carbocycles. The van der Waals surface area contributed by atoms with E-state index >= 15 is 0 Å². The van der Waals surface area contributed by atoms with Crippen LogP contribution in [0.5, 0.6) is 0 Å². The first-order valence-corrected chi connectivity index (χ1v) is 8.90. The number of aromatic nitrogens is 1. The van der Waals surface area contributed by atoms with E-state index in [9.17, 15) is 4.79 Å². The molecule has 0 radical (unpaired) electrons. The van der Waals surface area contributed by atoms with Crippen LogP contribution in [0.3, 0.4) is 0 Å². The van der Waals surface area contributed by atoms with Crippen LogP contribution in [-0.4, -0.2) is 34.9 Å². The van der Waals surface area contributed by atoms with Gasteiger partial charge in [-0.15, -0.1) is 11.3 Å². The molecule has 23 heavy (non-hydrogen) atoms. The van der Waals surface area contributed by atoms with E-state index in [2.05, 4.69) is 39.5 Å². The molecule has 1 fully saturated rings. The number of nitrogens with zero attached hydrogens (tertiary/aromatic N) is 2. The molecule has 1 saturated heterocycles. The van der Waals surface area contributed by atoms with Gasteiger partial charge in [-0.1, -0.05) is 30.3 Å². The number of hydrogen-bond donors (Lipinski definition) is 1. The van der Waals surface area contributed by atoms with Gasteiger partial charge in [0.25, 0.3) is 0 Å². The third-order valence-electron chi connectivity index (χ3n) is 4.21. The van der Waals surface area contributed by atoms with E-state index in [-0.39, 0.29) is 11.9 Å². The molecular weight excluding hydrogens is 306 g/mol. The van der Waals surface area contributed by atoms with Crippen molar-refractivity contribution in [2.45, 2.75) is 39.3 Å². The minimum Gasteiger partial charge on any atom is -0.352 e. The van der Waals surface area contributed by atoms with Gasteiger partial charge in [0.2, 0.25) is 5.91 Å². The van der Waals surface area contributed by atoms with Gasteiger partial charge in [-0.25, -0.2) is 4.98 Å². The first-order chi connectivity index (χ1) is 11.1. The molecule has 3 rings (SSSR count). The third kappa shape index (κ3) is 4.39. The Hall–Kier alpha value is -1.72. The molecule has 0 spiro atoms. The second kappa shape index (κ2) is 7.23. The van der Waals surface area contributed by atoms with Gasteiger partial charge in [0.15, 0.2) is 0 Å². The smallest absolute Gasteiger partial charge is 0.225 e. The summed E-state index contributed by atoms with van der Waals surface area (Å²) in [6, 6.07) is 10.8. The van der Waals surface area contributed by atoms with E-state index in [0.29, 0.717) is 6.42 Å². The van der Waals surface area contributed by atoms with Crippen LogP contribution in [0.15, 0.2) is 30.3 Å². The Morgan fingerprint density at radius 1 is 1.35 bits per heavy atom. The van der Waals surface area contributed by atoms with Gasteiger partial charge in [-0.3, -0.25) is 9.69 Å². The fourth-order valence-electron chi connectivity index (χ4n) is 3.10. The van der Waals surface area contributed by atoms with E-state index in [1.165, 1.54) is 5.56 Å². The second-order valence-electron chi connectivity index (χ2n) is 6.19. The molecule has 2 aromatic rings. The number of benzene rings is 1. The van der Waals surface area contributed by atoms with Crippen molar-refractivity contribution in [3.05, 3.63) is 51.5 Å². The van der Waals surface area contributed by atoms with Crippen LogP contribution in [0.4, 0.5) is 0 Å². The van der Waals surface area contributed by atoms with Gasteiger partial charge in [-0.05, 0) is 25.8 Å². The summed E-state index contributed by atoms with van der Waals surface area (Å²) in [5.41, 5.74) is 2.31. The predicted molar refractivity (Wildman–Crippen MR) is 93.6 cm³/mol. The number of carbonyl (C=O) groups excluding carboxylic acids is 1. The molecule has 1 aromatic heterocycles. The minimum atomic E-state index is 0.114. The number of aryl methyl sites for hydroxylation is 2. The molecule has 1 atom stereocenters. The zero-order chi connectivity index (χ0) is 16.2. The zero-order valence-corrected chi connectivity index (χ0v) is 14.5. The van der Waals surface area contributed by atoms with Crippen molar-refractivity contribution in [3.8, 4) is 0 Å². The average molecular weight is 329 g/mol. The monoisotopic (exact) mass is 329 g/mol. The quantitative estimate of drug-likeness (QED) is 0.917. The highest BCUT2D eigenvalue weighted by molar-refractivity contribution is 7.11. The summed E-state index contributed by atoms with van der Waals surface area (Å²) < 4.78 is 0. The maximum Gasteiger partial charge on any atom is 0.225 e. The summed E-state index contributed by atoms with van der Waals surface area (Å²) in [4.78, 5) is 20.1. The Kier molecular flexibility index (Phi) is 5.08. The molecule has 0 bridgehead atoms. The number of thiazole rings is 1. The second-order valence-corrected chi connectivity index (χ2v) is 7.48. The summed E-state index contributed by atoms with van der Waals surface area (Å²) >= 11 is 1.62. The number of likely N-dealkylation sites (tertiary alicyclic amines) is 1. The number of amides is 1. The molecule has 1 amide bonds. The van der Waals surface area contributed by atoms with Crippen molar-refractivity contribution in [2.24, 2.45) is 0 Å². The highest BCUT2D eigenvalue weighted by atomic mass is 32.1. The van der Waals surface area contributed by atoms with Gasteiger partial charge in [0, 0.05) is 30.6 Å². The van der Waals surface area contributed by atoms with E-state index in [4.69, 9.17) is 0 Å². The fraction of sp³-hybridized carbons (Fsp3) is 0.444. The Bertz CT molecular complexity index is 668. The SMILES string of the molecule is Cc1nc(C)c(CC(=O)N[C@H]2CCN(Cc3ccccc3)C2)s1. The minimum absolute atomic E-state index is 0.114. The van der Waals surface area contributed by atoms with Crippen molar-refractivity contribution in [1.82, 2.24) is 15.2 Å². The number of hydrogen-bond acceptors (Lipinski definition) is 4. The normalized spacial score (nSPS) is 18.3. The fourth-order valence-corrected chi connectivity index (χ4v) is 4.03. The topological polar surface area (TPSA) is 45.2 Å². The van der Waals surface area contributed by atoms with Crippen LogP contribution in [0.1, 0.15) is 27.6 Å². The standard InChI is InChI=1S/C18H23N3OS/c1-13-17(23-14(2)19-13)10-18(22)20-16-8-9-21(12-16)11-15-6-4-3-5-7-15/h3-7,16H,8-12H2,1-2H3,(H,20,22)/t16-/m0/s1. The molecule has 2 heterocycles. The van der Waals surface area contributed by atoms with E-state index in [1.807, 2.05) is 19.9 Å². The molecule has 4 nitrogen and oxygen atoms in total.